The fourth-order valence-electron chi connectivity index (χ4n) is 2.70. The van der Waals surface area contributed by atoms with Crippen LogP contribution < -0.4 is 5.32 Å². The van der Waals surface area contributed by atoms with Crippen molar-refractivity contribution in [1.82, 2.24) is 5.32 Å². The summed E-state index contributed by atoms with van der Waals surface area (Å²) in [6.07, 6.45) is 5.50. The third-order valence-corrected chi connectivity index (χ3v) is 5.29. The van der Waals surface area contributed by atoms with E-state index in [1.165, 1.54) is 13.3 Å². The molecule has 1 aliphatic carbocycles. The van der Waals surface area contributed by atoms with Crippen molar-refractivity contribution in [3.8, 4) is 0 Å². The molecule has 1 saturated heterocycles. The highest BCUT2D eigenvalue weighted by Crippen LogP contribution is 2.45. The Morgan fingerprint density at radius 1 is 1.53 bits per heavy atom. The Kier molecular flexibility index (Phi) is 4.73. The number of carbonyl (C=O) groups is 2. The number of carboxylic acids is 1. The molecule has 1 aliphatic heterocycles. The lowest BCUT2D eigenvalue weighted by Gasteiger charge is -2.47. The Morgan fingerprint density at radius 2 is 2.26 bits per heavy atom. The van der Waals surface area contributed by atoms with Crippen LogP contribution in [0.3, 0.4) is 0 Å². The molecular weight excluding hydrogens is 266 g/mol. The zero-order chi connectivity index (χ0) is 13.9. The van der Waals surface area contributed by atoms with Gasteiger partial charge in [-0.1, -0.05) is 0 Å². The number of amides is 1. The first-order valence-electron chi connectivity index (χ1n) is 6.76. The van der Waals surface area contributed by atoms with Crippen LogP contribution in [0.5, 0.6) is 0 Å². The fraction of sp³-hybridized carbons (Fsp3) is 0.846. The molecule has 5 nitrogen and oxygen atoms in total. The molecule has 0 aromatic rings. The molecule has 19 heavy (non-hydrogen) atoms. The van der Waals surface area contributed by atoms with Crippen LogP contribution in [0.15, 0.2) is 0 Å². The summed E-state index contributed by atoms with van der Waals surface area (Å²) in [6.45, 7) is 2.12. The molecule has 0 radical (unpaired) electrons. The smallest absolute Gasteiger partial charge is 0.327 e. The van der Waals surface area contributed by atoms with Gasteiger partial charge in [-0.2, -0.15) is 11.8 Å². The number of aliphatic carboxylic acids is 1. The maximum absolute atomic E-state index is 11.0. The zero-order valence-electron chi connectivity index (χ0n) is 11.2. The fourth-order valence-corrected chi connectivity index (χ4v) is 4.07. The molecule has 2 rings (SSSR count). The normalized spacial score (nSPS) is 26.5. The minimum Gasteiger partial charge on any atom is -0.480 e. The van der Waals surface area contributed by atoms with Crippen molar-refractivity contribution in [2.24, 2.45) is 0 Å². The molecule has 108 valence electrons. The van der Waals surface area contributed by atoms with E-state index in [4.69, 9.17) is 9.84 Å². The largest absolute Gasteiger partial charge is 0.480 e. The van der Waals surface area contributed by atoms with Gasteiger partial charge in [-0.05, 0) is 32.1 Å². The van der Waals surface area contributed by atoms with Crippen molar-refractivity contribution in [3.05, 3.63) is 0 Å². The average Bonchev–Trinajstić information content (AvgIpc) is 2.32. The van der Waals surface area contributed by atoms with E-state index >= 15 is 0 Å². The molecule has 1 heterocycles. The van der Waals surface area contributed by atoms with Gasteiger partial charge in [-0.15, -0.1) is 0 Å². The number of rotatable bonds is 5. The van der Waals surface area contributed by atoms with Crippen LogP contribution in [0.25, 0.3) is 0 Å². The quantitative estimate of drug-likeness (QED) is 0.799. The van der Waals surface area contributed by atoms with Gasteiger partial charge < -0.3 is 15.2 Å². The summed E-state index contributed by atoms with van der Waals surface area (Å²) in [5.41, 5.74) is 0.0860. The highest BCUT2D eigenvalue weighted by atomic mass is 32.2. The van der Waals surface area contributed by atoms with Crippen LogP contribution in [-0.2, 0) is 14.3 Å². The predicted molar refractivity (Wildman–Crippen MR) is 73.3 cm³/mol. The number of carboxylic acid groups (broad SMARTS) is 1. The van der Waals surface area contributed by atoms with Gasteiger partial charge in [-0.25, -0.2) is 4.79 Å². The Morgan fingerprint density at radius 3 is 2.79 bits per heavy atom. The summed E-state index contributed by atoms with van der Waals surface area (Å²) in [4.78, 5) is 22.0. The lowest BCUT2D eigenvalue weighted by atomic mass is 9.75. The Labute approximate surface area is 117 Å². The molecule has 0 bridgehead atoms. The standard InChI is InChI=1S/C13H21NO4S/c1-9(15)14-11(12(16)17)8-19-10-3-6-18-13(7-10)4-2-5-13/h10-11H,2-8H2,1H3,(H,14,15)(H,16,17). The van der Waals surface area contributed by atoms with Crippen LogP contribution in [0.1, 0.15) is 39.0 Å². The molecule has 1 spiro atoms. The van der Waals surface area contributed by atoms with Crippen molar-refractivity contribution in [1.29, 1.82) is 0 Å². The second-order valence-corrected chi connectivity index (χ2v) is 6.76. The van der Waals surface area contributed by atoms with Gasteiger partial charge >= 0.3 is 5.97 Å². The number of hydrogen-bond acceptors (Lipinski definition) is 4. The summed E-state index contributed by atoms with van der Waals surface area (Å²) in [6, 6.07) is -0.789. The first-order valence-corrected chi connectivity index (χ1v) is 7.81. The molecule has 2 fully saturated rings. The molecular formula is C13H21NO4S. The Balaban J connectivity index is 1.79. The van der Waals surface area contributed by atoms with Crippen LogP contribution in [-0.4, -0.2) is 46.2 Å². The number of hydrogen-bond donors (Lipinski definition) is 2. The highest BCUT2D eigenvalue weighted by molar-refractivity contribution is 8.00. The molecule has 1 saturated carbocycles. The Hall–Kier alpha value is -0.750. The number of ether oxygens (including phenoxy) is 1. The SMILES string of the molecule is CC(=O)NC(CSC1CCOC2(CCC2)C1)C(=O)O. The molecule has 2 atom stereocenters. The summed E-state index contributed by atoms with van der Waals surface area (Å²) in [5.74, 6) is -0.834. The van der Waals surface area contributed by atoms with Gasteiger partial charge in [0.05, 0.1) is 5.60 Å². The maximum Gasteiger partial charge on any atom is 0.327 e. The van der Waals surface area contributed by atoms with E-state index in [9.17, 15) is 9.59 Å². The summed E-state index contributed by atoms with van der Waals surface area (Å²) in [5, 5.41) is 12.0. The van der Waals surface area contributed by atoms with E-state index in [1.54, 1.807) is 11.8 Å². The summed E-state index contributed by atoms with van der Waals surface area (Å²) in [7, 11) is 0. The van der Waals surface area contributed by atoms with E-state index in [1.807, 2.05) is 0 Å². The molecule has 2 N–H and O–H groups in total. The lowest BCUT2D eigenvalue weighted by molar-refractivity contribution is -0.140. The summed E-state index contributed by atoms with van der Waals surface area (Å²) >= 11 is 1.65. The highest BCUT2D eigenvalue weighted by Gasteiger charge is 2.42. The van der Waals surface area contributed by atoms with Gasteiger partial charge in [0.1, 0.15) is 6.04 Å². The van der Waals surface area contributed by atoms with Gasteiger partial charge in [0.25, 0.3) is 0 Å². The van der Waals surface area contributed by atoms with Crippen molar-refractivity contribution in [3.63, 3.8) is 0 Å². The third-order valence-electron chi connectivity index (χ3n) is 3.89. The van der Waals surface area contributed by atoms with E-state index < -0.39 is 12.0 Å². The molecule has 0 aromatic heterocycles. The van der Waals surface area contributed by atoms with Crippen molar-refractivity contribution in [2.75, 3.05) is 12.4 Å². The van der Waals surface area contributed by atoms with Gasteiger partial charge in [0.15, 0.2) is 0 Å². The van der Waals surface area contributed by atoms with E-state index in [-0.39, 0.29) is 11.5 Å². The molecule has 0 aromatic carbocycles. The van der Waals surface area contributed by atoms with Gasteiger partial charge in [0.2, 0.25) is 5.91 Å². The van der Waals surface area contributed by atoms with Crippen LogP contribution in [0.4, 0.5) is 0 Å². The van der Waals surface area contributed by atoms with Gasteiger partial charge in [0, 0.05) is 24.5 Å². The van der Waals surface area contributed by atoms with Crippen molar-refractivity contribution >= 4 is 23.6 Å². The zero-order valence-corrected chi connectivity index (χ0v) is 12.0. The second kappa shape index (κ2) is 6.13. The van der Waals surface area contributed by atoms with Crippen LogP contribution in [0, 0.1) is 0 Å². The molecule has 6 heteroatoms. The minimum absolute atomic E-state index is 0.0860. The third kappa shape index (κ3) is 3.86. The topological polar surface area (TPSA) is 75.6 Å². The van der Waals surface area contributed by atoms with Crippen molar-refractivity contribution in [2.45, 2.75) is 55.9 Å². The predicted octanol–water partition coefficient (Wildman–Crippen LogP) is 1.41. The van der Waals surface area contributed by atoms with Gasteiger partial charge in [-0.3, -0.25) is 4.79 Å². The molecule has 2 unspecified atom stereocenters. The van der Waals surface area contributed by atoms with Crippen molar-refractivity contribution < 1.29 is 19.4 Å². The van der Waals surface area contributed by atoms with E-state index in [0.29, 0.717) is 11.0 Å². The van der Waals surface area contributed by atoms with Crippen LogP contribution in [0.2, 0.25) is 0 Å². The minimum atomic E-state index is -0.965. The average molecular weight is 287 g/mol. The number of thioether (sulfide) groups is 1. The van der Waals surface area contributed by atoms with E-state index in [0.717, 1.165) is 32.3 Å². The second-order valence-electron chi connectivity index (χ2n) is 5.42. The Bertz CT molecular complexity index is 357. The first-order chi connectivity index (χ1) is 9.01. The molecule has 1 amide bonds. The molecule has 2 aliphatic rings. The number of carbonyl (C=O) groups excluding carboxylic acids is 1. The monoisotopic (exact) mass is 287 g/mol. The van der Waals surface area contributed by atoms with E-state index in [2.05, 4.69) is 5.32 Å². The summed E-state index contributed by atoms with van der Waals surface area (Å²) < 4.78 is 5.85. The maximum atomic E-state index is 11.0. The van der Waals surface area contributed by atoms with Crippen LogP contribution >= 0.6 is 11.8 Å². The first kappa shape index (κ1) is 14.7. The lowest BCUT2D eigenvalue weighted by Crippen LogP contribution is -2.47. The number of nitrogens with one attached hydrogen (secondary N) is 1.